The first kappa shape index (κ1) is 22.7. The lowest BCUT2D eigenvalue weighted by molar-refractivity contribution is -0.141. The second-order valence-electron chi connectivity index (χ2n) is 7.73. The minimum absolute atomic E-state index is 0.0981. The summed E-state index contributed by atoms with van der Waals surface area (Å²) in [5, 5.41) is 9.21. The fraction of sp³-hybridized carbons (Fsp3) is 0.400. The van der Waals surface area contributed by atoms with E-state index in [0.717, 1.165) is 12.3 Å². The van der Waals surface area contributed by atoms with Crippen LogP contribution in [-0.4, -0.2) is 41.3 Å². The van der Waals surface area contributed by atoms with E-state index in [4.69, 9.17) is 4.74 Å². The van der Waals surface area contributed by atoms with Crippen LogP contribution in [-0.2, 0) is 23.2 Å². The molecule has 0 saturated heterocycles. The number of hydrogen-bond acceptors (Lipinski definition) is 6. The van der Waals surface area contributed by atoms with Crippen LogP contribution in [0, 0.1) is 11.3 Å². The molecule has 0 bridgehead atoms. The molecule has 0 amide bonds. The number of nitriles is 1. The lowest BCUT2D eigenvalue weighted by atomic mass is 10.2. The Hall–Kier alpha value is -3.00. The Morgan fingerprint density at radius 3 is 2.48 bits per heavy atom. The molecule has 3 aromatic heterocycles. The van der Waals surface area contributed by atoms with Crippen LogP contribution >= 0.6 is 0 Å². The first-order chi connectivity index (χ1) is 14.3. The van der Waals surface area contributed by atoms with Gasteiger partial charge in [0.15, 0.2) is 11.4 Å². The van der Waals surface area contributed by atoms with E-state index in [1.54, 1.807) is 44.7 Å². The molecular weight excluding hydrogens is 431 g/mol. The van der Waals surface area contributed by atoms with E-state index in [0.29, 0.717) is 16.2 Å². The summed E-state index contributed by atoms with van der Waals surface area (Å²) in [6.07, 6.45) is -0.513. The van der Waals surface area contributed by atoms with Crippen molar-refractivity contribution in [3.63, 3.8) is 0 Å². The number of aromatic nitrogens is 4. The van der Waals surface area contributed by atoms with Crippen molar-refractivity contribution in [2.75, 3.05) is 12.0 Å². The summed E-state index contributed by atoms with van der Waals surface area (Å²) in [5.41, 5.74) is -1.41. The van der Waals surface area contributed by atoms with Crippen molar-refractivity contribution in [3.8, 4) is 23.3 Å². The van der Waals surface area contributed by atoms with Gasteiger partial charge < -0.3 is 9.30 Å². The number of fused-ring (bicyclic) bond motifs is 1. The number of imidazole rings is 1. The van der Waals surface area contributed by atoms with Crippen molar-refractivity contribution < 1.29 is 22.1 Å². The molecule has 3 rings (SSSR count). The summed E-state index contributed by atoms with van der Waals surface area (Å²) in [5.74, 6) is 0.851. The zero-order chi connectivity index (χ0) is 23.2. The minimum atomic E-state index is -4.59. The quantitative estimate of drug-likeness (QED) is 0.592. The van der Waals surface area contributed by atoms with E-state index in [-0.39, 0.29) is 22.8 Å². The van der Waals surface area contributed by atoms with E-state index in [9.17, 15) is 22.6 Å². The van der Waals surface area contributed by atoms with Gasteiger partial charge in [-0.3, -0.25) is 4.21 Å². The van der Waals surface area contributed by atoms with Crippen molar-refractivity contribution in [3.05, 3.63) is 30.2 Å². The lowest BCUT2D eigenvalue weighted by Crippen LogP contribution is -2.26. The average Bonchev–Trinajstić information content (AvgIpc) is 3.03. The van der Waals surface area contributed by atoms with Crippen LogP contribution in [0.2, 0.25) is 0 Å². The molecule has 0 aliphatic carbocycles. The predicted octanol–water partition coefficient (Wildman–Crippen LogP) is 3.76. The number of ether oxygens (including phenoxy) is 1. The van der Waals surface area contributed by atoms with E-state index in [1.807, 2.05) is 6.07 Å². The summed E-state index contributed by atoms with van der Waals surface area (Å²) in [4.78, 5) is 12.6. The van der Waals surface area contributed by atoms with E-state index >= 15 is 0 Å². The van der Waals surface area contributed by atoms with Gasteiger partial charge in [0.2, 0.25) is 0 Å². The molecule has 7 nitrogen and oxygen atoms in total. The van der Waals surface area contributed by atoms with Crippen molar-refractivity contribution >= 4 is 21.0 Å². The number of pyridine rings is 2. The number of alkyl halides is 3. The van der Waals surface area contributed by atoms with Gasteiger partial charge in [-0.05, 0) is 32.2 Å². The molecule has 166 valence electrons. The van der Waals surface area contributed by atoms with E-state index < -0.39 is 27.4 Å². The third-order valence-corrected chi connectivity index (χ3v) is 7.43. The molecule has 11 heteroatoms. The highest BCUT2D eigenvalue weighted by Crippen LogP contribution is 2.35. The topological polar surface area (TPSA) is 93.7 Å². The first-order valence-corrected chi connectivity index (χ1v) is 11.7. The minimum Gasteiger partial charge on any atom is -0.471 e. The molecule has 0 spiro atoms. The largest absolute Gasteiger partial charge is 0.471 e. The number of aryl methyl sites for hydroxylation is 1. The van der Waals surface area contributed by atoms with Crippen LogP contribution in [0.3, 0.4) is 0 Å². The van der Waals surface area contributed by atoms with E-state index in [1.165, 1.54) is 6.20 Å². The first-order valence-electron chi connectivity index (χ1n) is 9.36. The maximum Gasteiger partial charge on any atom is 0.433 e. The molecule has 31 heavy (non-hydrogen) atoms. The van der Waals surface area contributed by atoms with Crippen molar-refractivity contribution in [2.24, 2.45) is 7.05 Å². The number of hydrogen-bond donors (Lipinski definition) is 1. The van der Waals surface area contributed by atoms with Gasteiger partial charge >= 0.3 is 6.18 Å². The summed E-state index contributed by atoms with van der Waals surface area (Å²) in [6, 6.07) is 4.45. The zero-order valence-corrected chi connectivity index (χ0v) is 18.5. The second kappa shape index (κ2) is 7.60. The number of nitrogens with zero attached hydrogens (tertiary/aromatic N) is 5. The van der Waals surface area contributed by atoms with Gasteiger partial charge in [-0.25, -0.2) is 15.0 Å². The van der Waals surface area contributed by atoms with Crippen LogP contribution in [0.4, 0.5) is 13.2 Å². The molecule has 0 aliphatic rings. The maximum absolute atomic E-state index is 13.3. The van der Waals surface area contributed by atoms with Gasteiger partial charge in [0.05, 0.1) is 23.4 Å². The molecule has 0 saturated carbocycles. The number of halogens is 3. The monoisotopic (exact) mass is 453 g/mol. The Morgan fingerprint density at radius 2 is 1.90 bits per heavy atom. The predicted molar refractivity (Wildman–Crippen MR) is 111 cm³/mol. The third kappa shape index (κ3) is 4.39. The summed E-state index contributed by atoms with van der Waals surface area (Å²) in [6.45, 7) is 4.94. The smallest absolute Gasteiger partial charge is 0.433 e. The Morgan fingerprint density at radius 1 is 1.23 bits per heavy atom. The SMILES string of the molecule is CC[SH](C)(=O)c1cc(OC(C)(C)C#N)cnc1-c1nc2cc(C(F)(F)F)ncc2n1C. The average molecular weight is 453 g/mol. The van der Waals surface area contributed by atoms with Gasteiger partial charge in [0.1, 0.15) is 23.2 Å². The Bertz CT molecular complexity index is 1240. The van der Waals surface area contributed by atoms with Gasteiger partial charge in [-0.2, -0.15) is 18.4 Å². The highest BCUT2D eigenvalue weighted by atomic mass is 32.2. The Labute approximate surface area is 178 Å². The molecule has 3 aromatic rings. The van der Waals surface area contributed by atoms with Crippen molar-refractivity contribution in [2.45, 2.75) is 37.4 Å². The summed E-state index contributed by atoms with van der Waals surface area (Å²) >= 11 is 0. The zero-order valence-electron chi connectivity index (χ0n) is 17.7. The van der Waals surface area contributed by atoms with Crippen LogP contribution in [0.15, 0.2) is 29.4 Å². The van der Waals surface area contributed by atoms with Crippen molar-refractivity contribution in [1.82, 2.24) is 19.5 Å². The van der Waals surface area contributed by atoms with E-state index in [2.05, 4.69) is 15.0 Å². The molecule has 0 unspecified atom stereocenters. The van der Waals surface area contributed by atoms with Crippen LogP contribution in [0.1, 0.15) is 26.5 Å². The van der Waals surface area contributed by atoms with Crippen LogP contribution in [0.5, 0.6) is 5.75 Å². The Kier molecular flexibility index (Phi) is 5.56. The second-order valence-corrected chi connectivity index (χ2v) is 11.0. The van der Waals surface area contributed by atoms with Crippen LogP contribution in [0.25, 0.3) is 22.6 Å². The van der Waals surface area contributed by atoms with Crippen molar-refractivity contribution in [1.29, 1.82) is 5.26 Å². The fourth-order valence-corrected chi connectivity index (χ4v) is 4.31. The molecule has 0 aliphatic heterocycles. The molecule has 0 atom stereocenters. The summed E-state index contributed by atoms with van der Waals surface area (Å²) in [7, 11) is -1.28. The van der Waals surface area contributed by atoms with Gasteiger partial charge in [-0.15, -0.1) is 0 Å². The Balaban J connectivity index is 2.22. The molecule has 0 N–H and O–H groups in total. The third-order valence-electron chi connectivity index (χ3n) is 4.87. The highest BCUT2D eigenvalue weighted by Gasteiger charge is 2.33. The maximum atomic E-state index is 13.3. The summed E-state index contributed by atoms with van der Waals surface area (Å²) < 4.78 is 59.7. The fourth-order valence-electron chi connectivity index (χ4n) is 2.97. The van der Waals surface area contributed by atoms with Gasteiger partial charge in [0, 0.05) is 17.7 Å². The highest BCUT2D eigenvalue weighted by molar-refractivity contribution is 8.02. The van der Waals surface area contributed by atoms with Gasteiger partial charge in [-0.1, -0.05) is 16.9 Å². The molecular formula is C20H22F3N5O2S. The molecule has 0 radical (unpaired) electrons. The molecule has 0 fully saturated rings. The lowest BCUT2D eigenvalue weighted by Gasteiger charge is -2.23. The number of rotatable bonds is 5. The molecule has 0 aromatic carbocycles. The normalized spacial score (nSPS) is 13.3. The van der Waals surface area contributed by atoms with Gasteiger partial charge in [0.25, 0.3) is 0 Å². The molecule has 3 heterocycles. The number of thiol groups is 1. The standard InChI is InChI=1S/C20H22F3N5O2S/c1-6-31(5,29)15-7-12(30-19(2,3)11-24)9-26-17(15)18-27-13-8-16(20(21,22)23)25-10-14(13)28(18)4/h7-10,31H,6H2,1-5H3. The van der Waals surface area contributed by atoms with Crippen LogP contribution < -0.4 is 4.74 Å².